The topological polar surface area (TPSA) is 67.4 Å². The summed E-state index contributed by atoms with van der Waals surface area (Å²) in [6.45, 7) is 6.38. The van der Waals surface area contributed by atoms with Crippen LogP contribution in [0.5, 0.6) is 0 Å². The van der Waals surface area contributed by atoms with Gasteiger partial charge in [0.2, 0.25) is 0 Å². The minimum absolute atomic E-state index is 0.174. The van der Waals surface area contributed by atoms with Gasteiger partial charge >= 0.3 is 0 Å². The lowest BCUT2D eigenvalue weighted by Gasteiger charge is -2.17. The predicted octanol–water partition coefficient (Wildman–Crippen LogP) is 2.54. The van der Waals surface area contributed by atoms with Crippen molar-refractivity contribution in [3.63, 3.8) is 0 Å². The molecule has 5 nitrogen and oxygen atoms in total. The van der Waals surface area contributed by atoms with Crippen molar-refractivity contribution < 1.29 is 14.3 Å². The zero-order valence-electron chi connectivity index (χ0n) is 12.3. The molecule has 2 rings (SSSR count). The van der Waals surface area contributed by atoms with Gasteiger partial charge in [-0.2, -0.15) is 0 Å². The third-order valence-electron chi connectivity index (χ3n) is 2.99. The third kappa shape index (κ3) is 4.14. The van der Waals surface area contributed by atoms with Gasteiger partial charge in [0.25, 0.3) is 11.8 Å². The summed E-state index contributed by atoms with van der Waals surface area (Å²) in [4.78, 5) is 24.5. The smallest absolute Gasteiger partial charge is 0.265 e. The lowest BCUT2D eigenvalue weighted by molar-refractivity contribution is -0.112. The summed E-state index contributed by atoms with van der Waals surface area (Å²) in [5, 5.41) is 5.50. The van der Waals surface area contributed by atoms with Crippen LogP contribution in [0.15, 0.2) is 47.6 Å². The minimum Gasteiger partial charge on any atom is -0.496 e. The number of thioether (sulfide) groups is 1. The number of nitrogens with one attached hydrogen (secondary N) is 2. The summed E-state index contributed by atoms with van der Waals surface area (Å²) in [5.74, 6) is 1.05. The number of hydrogen-bond donors (Lipinski definition) is 2. The number of ether oxygens (including phenoxy) is 1. The molecule has 22 heavy (non-hydrogen) atoms. The van der Waals surface area contributed by atoms with E-state index in [1.807, 2.05) is 0 Å². The molecule has 1 aromatic rings. The Morgan fingerprint density at radius 3 is 2.68 bits per heavy atom. The van der Waals surface area contributed by atoms with Crippen molar-refractivity contribution in [3.8, 4) is 0 Å². The van der Waals surface area contributed by atoms with E-state index in [1.165, 1.54) is 11.8 Å². The van der Waals surface area contributed by atoms with Crippen LogP contribution < -0.4 is 10.6 Å². The van der Waals surface area contributed by atoms with Crippen LogP contribution in [0, 0.1) is 0 Å². The molecule has 0 fully saturated rings. The molecule has 116 valence electrons. The Kier molecular flexibility index (Phi) is 5.66. The van der Waals surface area contributed by atoms with Gasteiger partial charge < -0.3 is 15.4 Å². The molecule has 0 aliphatic carbocycles. The summed E-state index contributed by atoms with van der Waals surface area (Å²) in [7, 11) is 0. The van der Waals surface area contributed by atoms with Crippen molar-refractivity contribution in [2.45, 2.75) is 6.92 Å². The highest BCUT2D eigenvalue weighted by molar-refractivity contribution is 8.04. The van der Waals surface area contributed by atoms with Crippen LogP contribution >= 0.6 is 11.8 Å². The van der Waals surface area contributed by atoms with E-state index >= 15 is 0 Å². The molecule has 1 aliphatic heterocycles. The molecule has 6 heteroatoms. The number of amides is 2. The highest BCUT2D eigenvalue weighted by atomic mass is 32.2. The van der Waals surface area contributed by atoms with E-state index in [4.69, 9.17) is 4.74 Å². The Hall–Kier alpha value is -2.21. The van der Waals surface area contributed by atoms with E-state index in [0.29, 0.717) is 35.1 Å². The molecule has 0 saturated heterocycles. The van der Waals surface area contributed by atoms with Crippen molar-refractivity contribution >= 4 is 29.3 Å². The van der Waals surface area contributed by atoms with Crippen molar-refractivity contribution in [2.24, 2.45) is 0 Å². The number of anilines is 1. The number of hydrogen-bond acceptors (Lipinski definition) is 4. The number of rotatable bonds is 5. The van der Waals surface area contributed by atoms with Gasteiger partial charge in [-0.3, -0.25) is 9.59 Å². The van der Waals surface area contributed by atoms with Crippen LogP contribution in [-0.4, -0.2) is 30.7 Å². The van der Waals surface area contributed by atoms with E-state index in [0.717, 1.165) is 5.75 Å². The van der Waals surface area contributed by atoms with E-state index in [-0.39, 0.29) is 11.8 Å². The van der Waals surface area contributed by atoms with Crippen LogP contribution in [0.4, 0.5) is 5.69 Å². The van der Waals surface area contributed by atoms with E-state index < -0.39 is 0 Å². The fourth-order valence-corrected chi connectivity index (χ4v) is 2.71. The van der Waals surface area contributed by atoms with Gasteiger partial charge in [-0.15, -0.1) is 18.3 Å². The van der Waals surface area contributed by atoms with Crippen molar-refractivity contribution in [2.75, 3.05) is 24.2 Å². The summed E-state index contributed by atoms with van der Waals surface area (Å²) in [6, 6.07) is 6.73. The van der Waals surface area contributed by atoms with E-state index in [9.17, 15) is 9.59 Å². The van der Waals surface area contributed by atoms with Crippen LogP contribution in [0.1, 0.15) is 17.3 Å². The minimum atomic E-state index is -0.189. The Bertz CT molecular complexity index is 608. The second kappa shape index (κ2) is 7.70. The molecule has 2 amide bonds. The van der Waals surface area contributed by atoms with Gasteiger partial charge in [0.1, 0.15) is 10.7 Å². The summed E-state index contributed by atoms with van der Waals surface area (Å²) >= 11 is 1.48. The second-order valence-electron chi connectivity index (χ2n) is 4.61. The standard InChI is InChI=1S/C16H18N2O3S/c1-3-8-17-15(19)12-4-6-13(7-5-12)18-16(20)14-11(2)21-9-10-22-14/h3-7H,1,8-10H2,2H3,(H,17,19)(H,18,20). The molecule has 0 saturated carbocycles. The average molecular weight is 318 g/mol. The Morgan fingerprint density at radius 1 is 1.32 bits per heavy atom. The Balaban J connectivity index is 2.00. The lowest BCUT2D eigenvalue weighted by atomic mass is 10.2. The average Bonchev–Trinajstić information content (AvgIpc) is 2.53. The van der Waals surface area contributed by atoms with E-state index in [1.54, 1.807) is 37.3 Å². The number of benzene rings is 1. The predicted molar refractivity (Wildman–Crippen MR) is 88.7 cm³/mol. The first-order chi connectivity index (χ1) is 10.6. The number of carbonyl (C=O) groups is 2. The molecule has 1 aromatic carbocycles. The maximum Gasteiger partial charge on any atom is 0.265 e. The molecule has 0 atom stereocenters. The molecular formula is C16H18N2O3S. The quantitative estimate of drug-likeness (QED) is 0.819. The van der Waals surface area contributed by atoms with Gasteiger partial charge in [0.05, 0.1) is 6.61 Å². The molecular weight excluding hydrogens is 300 g/mol. The molecule has 1 heterocycles. The molecule has 0 aromatic heterocycles. The molecule has 0 bridgehead atoms. The van der Waals surface area contributed by atoms with Gasteiger partial charge in [-0.05, 0) is 31.2 Å². The highest BCUT2D eigenvalue weighted by Crippen LogP contribution is 2.26. The maximum absolute atomic E-state index is 12.2. The number of allylic oxidation sites excluding steroid dienone is 1. The number of carbonyl (C=O) groups excluding carboxylic acids is 2. The highest BCUT2D eigenvalue weighted by Gasteiger charge is 2.18. The zero-order chi connectivity index (χ0) is 15.9. The van der Waals surface area contributed by atoms with Gasteiger partial charge in [0, 0.05) is 23.5 Å². The summed E-state index contributed by atoms with van der Waals surface area (Å²) < 4.78 is 5.37. The Morgan fingerprint density at radius 2 is 2.05 bits per heavy atom. The van der Waals surface area contributed by atoms with Crippen LogP contribution in [0.2, 0.25) is 0 Å². The molecule has 0 spiro atoms. The van der Waals surface area contributed by atoms with Crippen molar-refractivity contribution in [1.82, 2.24) is 5.32 Å². The molecule has 0 radical (unpaired) electrons. The molecule has 1 aliphatic rings. The first kappa shape index (κ1) is 16.2. The summed E-state index contributed by atoms with van der Waals surface area (Å²) in [6.07, 6.45) is 1.62. The van der Waals surface area contributed by atoms with Crippen LogP contribution in [0.3, 0.4) is 0 Å². The summed E-state index contributed by atoms with van der Waals surface area (Å²) in [5.41, 5.74) is 1.17. The molecule has 0 unspecified atom stereocenters. The van der Waals surface area contributed by atoms with Crippen molar-refractivity contribution in [1.29, 1.82) is 0 Å². The lowest BCUT2D eigenvalue weighted by Crippen LogP contribution is -2.23. The van der Waals surface area contributed by atoms with Crippen LogP contribution in [0.25, 0.3) is 0 Å². The second-order valence-corrected chi connectivity index (χ2v) is 5.72. The third-order valence-corrected chi connectivity index (χ3v) is 4.12. The van der Waals surface area contributed by atoms with E-state index in [2.05, 4.69) is 17.2 Å². The monoisotopic (exact) mass is 318 g/mol. The normalized spacial score (nSPS) is 14.0. The van der Waals surface area contributed by atoms with Gasteiger partial charge in [0.15, 0.2) is 0 Å². The van der Waals surface area contributed by atoms with Crippen LogP contribution in [-0.2, 0) is 9.53 Å². The maximum atomic E-state index is 12.2. The fraction of sp³-hybridized carbons (Fsp3) is 0.250. The first-order valence-electron chi connectivity index (χ1n) is 6.89. The van der Waals surface area contributed by atoms with Gasteiger partial charge in [-0.1, -0.05) is 6.08 Å². The largest absolute Gasteiger partial charge is 0.496 e. The zero-order valence-corrected chi connectivity index (χ0v) is 13.2. The fourth-order valence-electron chi connectivity index (χ4n) is 1.89. The Labute approximate surface area is 133 Å². The molecule has 2 N–H and O–H groups in total. The first-order valence-corrected chi connectivity index (χ1v) is 7.87. The van der Waals surface area contributed by atoms with Crippen molar-refractivity contribution in [3.05, 3.63) is 53.1 Å². The SMILES string of the molecule is C=CCNC(=O)c1ccc(NC(=O)C2=C(C)OCCS2)cc1. The van der Waals surface area contributed by atoms with Gasteiger partial charge in [-0.25, -0.2) is 0 Å².